The summed E-state index contributed by atoms with van der Waals surface area (Å²) in [5, 5.41) is 2.72. The number of carbonyl (C=O) groups excluding carboxylic acids is 2. The van der Waals surface area contributed by atoms with Crippen LogP contribution in [0.25, 0.3) is 0 Å². The van der Waals surface area contributed by atoms with Crippen molar-refractivity contribution in [3.8, 4) is 0 Å². The second-order valence-corrected chi connectivity index (χ2v) is 7.11. The molecule has 1 aromatic heterocycles. The van der Waals surface area contributed by atoms with E-state index in [-0.39, 0.29) is 18.0 Å². The van der Waals surface area contributed by atoms with Gasteiger partial charge in [0.15, 0.2) is 0 Å². The van der Waals surface area contributed by atoms with E-state index in [1.165, 1.54) is 24.4 Å². The predicted molar refractivity (Wildman–Crippen MR) is 101 cm³/mol. The van der Waals surface area contributed by atoms with Gasteiger partial charge in [0.05, 0.1) is 19.1 Å². The lowest BCUT2D eigenvalue weighted by Crippen LogP contribution is -2.53. The van der Waals surface area contributed by atoms with Crippen molar-refractivity contribution >= 4 is 12.0 Å². The largest absolute Gasteiger partial charge is 0.467 e. The number of halogens is 2. The average Bonchev–Trinajstić information content (AvgIpc) is 3.19. The fourth-order valence-corrected chi connectivity index (χ4v) is 3.55. The topological polar surface area (TPSA) is 87.3 Å². The predicted octanol–water partition coefficient (Wildman–Crippen LogP) is 2.93. The van der Waals surface area contributed by atoms with Crippen molar-refractivity contribution in [2.75, 3.05) is 13.7 Å². The Bertz CT molecular complexity index is 902. The average molecular weight is 406 g/mol. The van der Waals surface area contributed by atoms with Crippen molar-refractivity contribution in [1.29, 1.82) is 0 Å². The summed E-state index contributed by atoms with van der Waals surface area (Å²) >= 11 is 0. The molecule has 9 heteroatoms. The van der Waals surface area contributed by atoms with Crippen LogP contribution in [0.2, 0.25) is 0 Å². The number of imidazole rings is 1. The van der Waals surface area contributed by atoms with Crippen LogP contribution in [0.3, 0.4) is 0 Å². The lowest BCUT2D eigenvalue weighted by Gasteiger charge is -2.36. The second kappa shape index (κ2) is 8.59. The standard InChI is InChI=1S/C20H24F2N4O3/c1-4-11(2)16(19(27)29-3)25-20(28)26-8-7-15-17(24-10-23-15)18(26)13-6-5-12(21)9-14(13)22/h5-6,9-11,16,18H,4,7-8H2,1-3H3,(H,23,24)(H,25,28)/t11-,16+,18-/m0/s1. The number of aromatic amines is 1. The number of nitrogens with zero attached hydrogens (tertiary/aromatic N) is 2. The van der Waals surface area contributed by atoms with E-state index in [9.17, 15) is 18.4 Å². The minimum atomic E-state index is -0.846. The Balaban J connectivity index is 1.96. The summed E-state index contributed by atoms with van der Waals surface area (Å²) in [6.07, 6.45) is 2.63. The van der Waals surface area contributed by atoms with Gasteiger partial charge in [-0.1, -0.05) is 26.3 Å². The quantitative estimate of drug-likeness (QED) is 0.748. The Morgan fingerprint density at radius 1 is 1.41 bits per heavy atom. The van der Waals surface area contributed by atoms with E-state index >= 15 is 0 Å². The van der Waals surface area contributed by atoms with Crippen molar-refractivity contribution in [2.45, 2.75) is 38.8 Å². The molecule has 7 nitrogen and oxygen atoms in total. The summed E-state index contributed by atoms with van der Waals surface area (Å²) in [5.74, 6) is -2.18. The van der Waals surface area contributed by atoms with Crippen molar-refractivity contribution in [3.63, 3.8) is 0 Å². The molecule has 0 fully saturated rings. The molecule has 0 radical (unpaired) electrons. The number of benzene rings is 1. The molecular formula is C20H24F2N4O3. The molecule has 0 spiro atoms. The van der Waals surface area contributed by atoms with Gasteiger partial charge in [-0.05, 0) is 12.0 Å². The van der Waals surface area contributed by atoms with Gasteiger partial charge in [-0.2, -0.15) is 0 Å². The van der Waals surface area contributed by atoms with E-state index in [1.54, 1.807) is 0 Å². The number of rotatable bonds is 5. The highest BCUT2D eigenvalue weighted by molar-refractivity contribution is 5.84. The fraction of sp³-hybridized carbons (Fsp3) is 0.450. The van der Waals surface area contributed by atoms with Gasteiger partial charge < -0.3 is 19.9 Å². The number of carbonyl (C=O) groups is 2. The molecule has 1 aromatic carbocycles. The third-order valence-corrected chi connectivity index (χ3v) is 5.39. The van der Waals surface area contributed by atoms with E-state index in [0.717, 1.165) is 17.8 Å². The van der Waals surface area contributed by atoms with Gasteiger partial charge in [-0.25, -0.2) is 23.4 Å². The van der Waals surface area contributed by atoms with Crippen molar-refractivity contribution in [3.05, 3.63) is 53.1 Å². The molecule has 3 rings (SSSR count). The first kappa shape index (κ1) is 20.8. The molecule has 1 aliphatic rings. The van der Waals surface area contributed by atoms with E-state index in [4.69, 9.17) is 4.74 Å². The van der Waals surface area contributed by atoms with E-state index in [1.807, 2.05) is 13.8 Å². The first-order valence-corrected chi connectivity index (χ1v) is 9.49. The van der Waals surface area contributed by atoms with Crippen molar-refractivity contribution < 1.29 is 23.1 Å². The molecule has 0 saturated heterocycles. The van der Waals surface area contributed by atoms with Crippen LogP contribution in [0.5, 0.6) is 0 Å². The Morgan fingerprint density at radius 2 is 2.17 bits per heavy atom. The van der Waals surface area contributed by atoms with Crippen LogP contribution in [0, 0.1) is 17.6 Å². The number of esters is 1. The van der Waals surface area contributed by atoms with Crippen LogP contribution in [-0.4, -0.2) is 46.6 Å². The zero-order valence-corrected chi connectivity index (χ0v) is 16.5. The number of hydrogen-bond acceptors (Lipinski definition) is 4. The van der Waals surface area contributed by atoms with Crippen molar-refractivity contribution in [2.24, 2.45) is 5.92 Å². The van der Waals surface area contributed by atoms with E-state index < -0.39 is 35.7 Å². The molecule has 2 heterocycles. The van der Waals surface area contributed by atoms with Crippen LogP contribution >= 0.6 is 0 Å². The number of ether oxygens (including phenoxy) is 1. The van der Waals surface area contributed by atoms with Crippen molar-refractivity contribution in [1.82, 2.24) is 20.2 Å². The third kappa shape index (κ3) is 4.08. The summed E-state index contributed by atoms with van der Waals surface area (Å²) in [7, 11) is 1.26. The molecular weight excluding hydrogens is 382 g/mol. The number of amides is 2. The molecule has 1 aliphatic heterocycles. The molecule has 0 aliphatic carbocycles. The minimum Gasteiger partial charge on any atom is -0.467 e. The molecule has 29 heavy (non-hydrogen) atoms. The van der Waals surface area contributed by atoms with E-state index in [2.05, 4.69) is 15.3 Å². The first-order valence-electron chi connectivity index (χ1n) is 9.49. The maximum atomic E-state index is 14.6. The molecule has 0 bridgehead atoms. The Morgan fingerprint density at radius 3 is 2.83 bits per heavy atom. The molecule has 2 amide bonds. The van der Waals surface area contributed by atoms with Gasteiger partial charge in [0.1, 0.15) is 23.7 Å². The fourth-order valence-electron chi connectivity index (χ4n) is 3.55. The zero-order valence-electron chi connectivity index (χ0n) is 16.5. The Hall–Kier alpha value is -2.97. The number of hydrogen-bond donors (Lipinski definition) is 2. The van der Waals surface area contributed by atoms with Crippen LogP contribution < -0.4 is 5.32 Å². The molecule has 0 unspecified atom stereocenters. The summed E-state index contributed by atoms with van der Waals surface area (Å²) in [6, 6.07) is 1.01. The summed E-state index contributed by atoms with van der Waals surface area (Å²) in [5.41, 5.74) is 1.41. The molecule has 0 saturated carbocycles. The number of nitrogens with one attached hydrogen (secondary N) is 2. The van der Waals surface area contributed by atoms with Crippen LogP contribution in [0.1, 0.15) is 43.3 Å². The van der Waals surface area contributed by atoms with Crippen LogP contribution in [0.15, 0.2) is 24.5 Å². The van der Waals surface area contributed by atoms with E-state index in [0.29, 0.717) is 18.5 Å². The van der Waals surface area contributed by atoms with Crippen LogP contribution in [0.4, 0.5) is 13.6 Å². The molecule has 3 atom stereocenters. The zero-order chi connectivity index (χ0) is 21.1. The summed E-state index contributed by atoms with van der Waals surface area (Å²) in [4.78, 5) is 34.0. The number of urea groups is 1. The summed E-state index contributed by atoms with van der Waals surface area (Å²) < 4.78 is 32.8. The summed E-state index contributed by atoms with van der Waals surface area (Å²) in [6.45, 7) is 4.01. The smallest absolute Gasteiger partial charge is 0.328 e. The SMILES string of the molecule is CC[C@H](C)[C@@H](NC(=O)N1CCc2[nH]cnc2[C@@H]1c1ccc(F)cc1F)C(=O)OC. The van der Waals surface area contributed by atoms with Gasteiger partial charge in [0, 0.05) is 30.3 Å². The van der Waals surface area contributed by atoms with Gasteiger partial charge in [0.25, 0.3) is 0 Å². The highest BCUT2D eigenvalue weighted by Gasteiger charge is 2.38. The van der Waals surface area contributed by atoms with Gasteiger partial charge in [-0.15, -0.1) is 0 Å². The van der Waals surface area contributed by atoms with Crippen LogP contribution in [-0.2, 0) is 16.0 Å². The minimum absolute atomic E-state index is 0.132. The maximum absolute atomic E-state index is 14.6. The molecule has 2 aromatic rings. The Labute approximate surface area is 167 Å². The normalized spacial score (nSPS) is 18.0. The number of H-pyrrole nitrogens is 1. The van der Waals surface area contributed by atoms with Gasteiger partial charge in [0.2, 0.25) is 0 Å². The van der Waals surface area contributed by atoms with Gasteiger partial charge in [-0.3, -0.25) is 0 Å². The lowest BCUT2D eigenvalue weighted by atomic mass is 9.95. The molecule has 156 valence electrons. The highest BCUT2D eigenvalue weighted by Crippen LogP contribution is 2.35. The molecule has 2 N–H and O–H groups in total. The first-order chi connectivity index (χ1) is 13.9. The maximum Gasteiger partial charge on any atom is 0.328 e. The number of aromatic nitrogens is 2. The highest BCUT2D eigenvalue weighted by atomic mass is 19.1. The lowest BCUT2D eigenvalue weighted by molar-refractivity contribution is -0.144. The third-order valence-electron chi connectivity index (χ3n) is 5.39. The number of methoxy groups -OCH3 is 1. The monoisotopic (exact) mass is 406 g/mol. The van der Waals surface area contributed by atoms with Gasteiger partial charge >= 0.3 is 12.0 Å². The second-order valence-electron chi connectivity index (χ2n) is 7.11. The number of fused-ring (bicyclic) bond motifs is 1. The Kier molecular flexibility index (Phi) is 6.14.